The number of carbonyl (C=O) groups excluding carboxylic acids is 1. The number of rotatable bonds is 5. The van der Waals surface area contributed by atoms with Crippen molar-refractivity contribution < 1.29 is 4.79 Å². The van der Waals surface area contributed by atoms with Crippen molar-refractivity contribution in [1.82, 2.24) is 20.1 Å². The van der Waals surface area contributed by atoms with Gasteiger partial charge in [0.05, 0.1) is 10.3 Å². The molecule has 3 fully saturated rings. The van der Waals surface area contributed by atoms with Crippen LogP contribution in [0.1, 0.15) is 6.92 Å². The number of aromatic nitrogens is 1. The quantitative estimate of drug-likeness (QED) is 0.811. The number of thioether (sulfide) groups is 1. The van der Waals surface area contributed by atoms with E-state index in [1.165, 1.54) is 24.9 Å². The predicted octanol–water partition coefficient (Wildman–Crippen LogP) is 0.678. The number of nitrogens with zero attached hydrogens (tertiary/aromatic N) is 3. The van der Waals surface area contributed by atoms with Crippen LogP contribution in [0.25, 0.3) is 0 Å². The minimum absolute atomic E-state index is 0.100. The van der Waals surface area contributed by atoms with Gasteiger partial charge in [0, 0.05) is 51.5 Å². The molecule has 0 aromatic carbocycles. The monoisotopic (exact) mass is 306 g/mol. The molecule has 21 heavy (non-hydrogen) atoms. The summed E-state index contributed by atoms with van der Waals surface area (Å²) >= 11 is 1.51. The molecule has 0 saturated carbocycles. The Labute approximate surface area is 130 Å². The van der Waals surface area contributed by atoms with Crippen LogP contribution >= 0.6 is 11.8 Å². The molecule has 6 heteroatoms. The first-order valence-electron chi connectivity index (χ1n) is 7.54. The highest BCUT2D eigenvalue weighted by atomic mass is 32.2. The molecule has 0 spiro atoms. The lowest BCUT2D eigenvalue weighted by Crippen LogP contribution is -2.63. The van der Waals surface area contributed by atoms with Crippen molar-refractivity contribution in [3.05, 3.63) is 24.4 Å². The van der Waals surface area contributed by atoms with Crippen molar-refractivity contribution >= 4 is 17.7 Å². The Morgan fingerprint density at radius 1 is 1.43 bits per heavy atom. The van der Waals surface area contributed by atoms with E-state index in [0.717, 1.165) is 31.2 Å². The Kier molecular flexibility index (Phi) is 4.77. The second-order valence-corrected chi connectivity index (χ2v) is 7.02. The zero-order valence-corrected chi connectivity index (χ0v) is 13.2. The van der Waals surface area contributed by atoms with E-state index in [1.54, 1.807) is 6.20 Å². The number of nitrogens with one attached hydrogen (secondary N) is 1. The predicted molar refractivity (Wildman–Crippen MR) is 84.4 cm³/mol. The number of pyridine rings is 1. The average Bonchev–Trinajstić information content (AvgIpc) is 2.54. The molecule has 0 aliphatic carbocycles. The van der Waals surface area contributed by atoms with Crippen LogP contribution in [0, 0.1) is 0 Å². The summed E-state index contributed by atoms with van der Waals surface area (Å²) in [6.45, 7) is 8.40. The van der Waals surface area contributed by atoms with Crippen LogP contribution in [-0.2, 0) is 4.79 Å². The van der Waals surface area contributed by atoms with Crippen molar-refractivity contribution in [3.8, 4) is 0 Å². The number of hydrogen-bond donors (Lipinski definition) is 1. The third-order valence-electron chi connectivity index (χ3n) is 4.21. The fourth-order valence-electron chi connectivity index (χ4n) is 2.93. The van der Waals surface area contributed by atoms with Crippen molar-refractivity contribution in [2.45, 2.75) is 23.2 Å². The Bertz CT molecular complexity index is 476. The number of hydrogen-bond acceptors (Lipinski definition) is 5. The molecule has 1 N–H and O–H groups in total. The van der Waals surface area contributed by atoms with Gasteiger partial charge < -0.3 is 5.32 Å². The van der Waals surface area contributed by atoms with Gasteiger partial charge in [-0.1, -0.05) is 17.8 Å². The van der Waals surface area contributed by atoms with Gasteiger partial charge in [0.25, 0.3) is 0 Å². The standard InChI is InChI=1S/C15H22N4OS/c1-12(21-14-4-2-3-5-16-14)15(20)17-10-13-11-18-6-8-19(13)9-7-18/h2-5,12-13H,6-11H2,1H3,(H,17,20)/t12-,13-/m0/s1. The average molecular weight is 306 g/mol. The number of fused-ring (bicyclic) bond motifs is 3. The van der Waals surface area contributed by atoms with Gasteiger partial charge in [-0.25, -0.2) is 4.98 Å². The maximum Gasteiger partial charge on any atom is 0.233 e. The van der Waals surface area contributed by atoms with Gasteiger partial charge in [-0.2, -0.15) is 0 Å². The molecule has 2 atom stereocenters. The SMILES string of the molecule is C[C@H](Sc1ccccn1)C(=O)NC[C@H]1CN2CCN1CC2. The van der Waals surface area contributed by atoms with Crippen LogP contribution in [0.15, 0.2) is 29.4 Å². The zero-order chi connectivity index (χ0) is 14.7. The highest BCUT2D eigenvalue weighted by Crippen LogP contribution is 2.20. The van der Waals surface area contributed by atoms with E-state index < -0.39 is 0 Å². The van der Waals surface area contributed by atoms with Crippen LogP contribution < -0.4 is 5.32 Å². The zero-order valence-electron chi connectivity index (χ0n) is 12.4. The van der Waals surface area contributed by atoms with E-state index in [2.05, 4.69) is 20.1 Å². The lowest BCUT2D eigenvalue weighted by molar-refractivity contribution is -0.120. The van der Waals surface area contributed by atoms with E-state index >= 15 is 0 Å². The molecule has 3 saturated heterocycles. The number of piperazine rings is 3. The smallest absolute Gasteiger partial charge is 0.233 e. The van der Waals surface area contributed by atoms with E-state index in [-0.39, 0.29) is 11.2 Å². The molecule has 2 bridgehead atoms. The lowest BCUT2D eigenvalue weighted by atomic mass is 10.1. The van der Waals surface area contributed by atoms with E-state index in [4.69, 9.17) is 0 Å². The molecule has 1 aromatic rings. The first-order valence-corrected chi connectivity index (χ1v) is 8.42. The molecule has 0 unspecified atom stereocenters. The molecular weight excluding hydrogens is 284 g/mol. The third kappa shape index (κ3) is 3.75. The lowest BCUT2D eigenvalue weighted by Gasteiger charge is -2.47. The van der Waals surface area contributed by atoms with Crippen LogP contribution in [0.5, 0.6) is 0 Å². The Balaban J connectivity index is 1.45. The molecule has 114 valence electrons. The van der Waals surface area contributed by atoms with Crippen LogP contribution in [0.2, 0.25) is 0 Å². The van der Waals surface area contributed by atoms with Crippen LogP contribution in [0.4, 0.5) is 0 Å². The molecule has 1 amide bonds. The molecular formula is C15H22N4OS. The highest BCUT2D eigenvalue weighted by molar-refractivity contribution is 8.00. The summed E-state index contributed by atoms with van der Waals surface area (Å²) in [7, 11) is 0. The second kappa shape index (κ2) is 6.77. The topological polar surface area (TPSA) is 48.5 Å². The second-order valence-electron chi connectivity index (χ2n) is 5.66. The maximum absolute atomic E-state index is 12.2. The summed E-state index contributed by atoms with van der Waals surface area (Å²) in [5.41, 5.74) is 0. The van der Waals surface area contributed by atoms with Gasteiger partial charge in [0.1, 0.15) is 0 Å². The van der Waals surface area contributed by atoms with E-state index in [1.807, 2.05) is 25.1 Å². The largest absolute Gasteiger partial charge is 0.354 e. The summed E-state index contributed by atoms with van der Waals surface area (Å²) in [5.74, 6) is 0.100. The Morgan fingerprint density at radius 2 is 2.24 bits per heavy atom. The van der Waals surface area contributed by atoms with Gasteiger partial charge in [0.15, 0.2) is 0 Å². The van der Waals surface area contributed by atoms with Crippen LogP contribution in [-0.4, -0.2) is 71.3 Å². The Hall–Kier alpha value is -1.11. The summed E-state index contributed by atoms with van der Waals surface area (Å²) in [4.78, 5) is 21.4. The van der Waals surface area contributed by atoms with Gasteiger partial charge in [-0.05, 0) is 19.1 Å². The molecule has 4 rings (SSSR count). The van der Waals surface area contributed by atoms with Gasteiger partial charge in [-0.3, -0.25) is 14.6 Å². The Morgan fingerprint density at radius 3 is 2.86 bits per heavy atom. The number of amides is 1. The van der Waals surface area contributed by atoms with Crippen LogP contribution in [0.3, 0.4) is 0 Å². The first kappa shape index (κ1) is 14.8. The summed E-state index contributed by atoms with van der Waals surface area (Å²) < 4.78 is 0. The molecule has 3 aliphatic rings. The van der Waals surface area contributed by atoms with Gasteiger partial charge >= 0.3 is 0 Å². The molecule has 0 radical (unpaired) electrons. The molecule has 4 heterocycles. The normalized spacial score (nSPS) is 29.1. The fourth-order valence-corrected chi connectivity index (χ4v) is 3.76. The molecule has 3 aliphatic heterocycles. The van der Waals surface area contributed by atoms with Crippen molar-refractivity contribution in [3.63, 3.8) is 0 Å². The minimum Gasteiger partial charge on any atom is -0.354 e. The van der Waals surface area contributed by atoms with Gasteiger partial charge in [-0.15, -0.1) is 0 Å². The van der Waals surface area contributed by atoms with Gasteiger partial charge in [0.2, 0.25) is 5.91 Å². The van der Waals surface area contributed by atoms with Crippen molar-refractivity contribution in [2.24, 2.45) is 0 Å². The number of carbonyl (C=O) groups is 1. The molecule has 5 nitrogen and oxygen atoms in total. The van der Waals surface area contributed by atoms with E-state index in [9.17, 15) is 4.79 Å². The third-order valence-corrected chi connectivity index (χ3v) is 5.26. The first-order chi connectivity index (χ1) is 10.2. The summed E-state index contributed by atoms with van der Waals surface area (Å²) in [6, 6.07) is 6.24. The highest BCUT2D eigenvalue weighted by Gasteiger charge is 2.32. The maximum atomic E-state index is 12.2. The summed E-state index contributed by atoms with van der Waals surface area (Å²) in [5, 5.41) is 3.88. The van der Waals surface area contributed by atoms with Crippen molar-refractivity contribution in [1.29, 1.82) is 0 Å². The summed E-state index contributed by atoms with van der Waals surface area (Å²) in [6.07, 6.45) is 1.76. The molecule has 1 aromatic heterocycles. The fraction of sp³-hybridized carbons (Fsp3) is 0.600. The van der Waals surface area contributed by atoms with E-state index in [0.29, 0.717) is 6.04 Å². The minimum atomic E-state index is -0.115. The van der Waals surface area contributed by atoms with Crippen molar-refractivity contribution in [2.75, 3.05) is 39.3 Å².